The van der Waals surface area contributed by atoms with Crippen LogP contribution in [0.15, 0.2) is 18.3 Å². The maximum Gasteiger partial charge on any atom is 0.339 e. The Labute approximate surface area is 95.2 Å². The van der Waals surface area contributed by atoms with E-state index >= 15 is 0 Å². The minimum atomic E-state index is -0.366. The second-order valence-electron chi connectivity index (χ2n) is 3.56. The van der Waals surface area contributed by atoms with Gasteiger partial charge in [-0.25, -0.2) is 4.79 Å². The highest BCUT2D eigenvalue weighted by Gasteiger charge is 2.06. The smallest absolute Gasteiger partial charge is 0.339 e. The van der Waals surface area contributed by atoms with Gasteiger partial charge in [0.05, 0.1) is 18.4 Å². The lowest BCUT2D eigenvalue weighted by Crippen LogP contribution is -2.25. The summed E-state index contributed by atoms with van der Waals surface area (Å²) in [7, 11) is 3.33. The topological polar surface area (TPSA) is 68.5 Å². The summed E-state index contributed by atoms with van der Waals surface area (Å²) in [5.74, 6) is -0.366. The summed E-state index contributed by atoms with van der Waals surface area (Å²) in [6.45, 7) is 2.16. The summed E-state index contributed by atoms with van der Waals surface area (Å²) in [5, 5.41) is 0. The summed E-state index contributed by atoms with van der Waals surface area (Å²) in [4.78, 5) is 17.4. The SMILES string of the molecule is COC(=O)c1ccc(CN(C)CCN)nc1. The average molecular weight is 223 g/mol. The molecule has 0 radical (unpaired) electrons. The van der Waals surface area contributed by atoms with Gasteiger partial charge in [-0.15, -0.1) is 0 Å². The van der Waals surface area contributed by atoms with E-state index in [9.17, 15) is 4.79 Å². The molecule has 0 bridgehead atoms. The highest BCUT2D eigenvalue weighted by Crippen LogP contribution is 2.03. The number of esters is 1. The molecule has 0 aliphatic rings. The first-order valence-electron chi connectivity index (χ1n) is 5.09. The number of rotatable bonds is 5. The zero-order valence-corrected chi connectivity index (χ0v) is 9.64. The second-order valence-corrected chi connectivity index (χ2v) is 3.56. The van der Waals surface area contributed by atoms with E-state index in [0.29, 0.717) is 12.1 Å². The molecule has 16 heavy (non-hydrogen) atoms. The van der Waals surface area contributed by atoms with Crippen molar-refractivity contribution in [3.63, 3.8) is 0 Å². The van der Waals surface area contributed by atoms with E-state index in [-0.39, 0.29) is 5.97 Å². The van der Waals surface area contributed by atoms with Gasteiger partial charge in [0.1, 0.15) is 0 Å². The summed E-state index contributed by atoms with van der Waals surface area (Å²) in [6, 6.07) is 3.53. The summed E-state index contributed by atoms with van der Waals surface area (Å²) < 4.78 is 4.59. The fourth-order valence-corrected chi connectivity index (χ4v) is 1.33. The van der Waals surface area contributed by atoms with Crippen LogP contribution in [-0.4, -0.2) is 43.1 Å². The van der Waals surface area contributed by atoms with Crippen LogP contribution in [0, 0.1) is 0 Å². The molecule has 0 aromatic carbocycles. The minimum absolute atomic E-state index is 0.366. The first-order valence-corrected chi connectivity index (χ1v) is 5.09. The van der Waals surface area contributed by atoms with E-state index in [1.807, 2.05) is 13.1 Å². The van der Waals surface area contributed by atoms with E-state index in [0.717, 1.165) is 18.8 Å². The third kappa shape index (κ3) is 3.60. The lowest BCUT2D eigenvalue weighted by atomic mass is 10.2. The normalized spacial score (nSPS) is 10.5. The van der Waals surface area contributed by atoms with Gasteiger partial charge >= 0.3 is 5.97 Å². The van der Waals surface area contributed by atoms with Gasteiger partial charge in [0, 0.05) is 25.8 Å². The molecule has 1 rings (SSSR count). The maximum absolute atomic E-state index is 11.2. The largest absolute Gasteiger partial charge is 0.465 e. The van der Waals surface area contributed by atoms with Crippen LogP contribution in [0.2, 0.25) is 0 Å². The van der Waals surface area contributed by atoms with Gasteiger partial charge in [0.25, 0.3) is 0 Å². The summed E-state index contributed by atoms with van der Waals surface area (Å²) in [6.07, 6.45) is 1.53. The quantitative estimate of drug-likeness (QED) is 0.725. The molecule has 0 unspecified atom stereocenters. The first-order chi connectivity index (χ1) is 7.67. The van der Waals surface area contributed by atoms with Crippen LogP contribution in [0.1, 0.15) is 16.1 Å². The van der Waals surface area contributed by atoms with Gasteiger partial charge < -0.3 is 10.5 Å². The van der Waals surface area contributed by atoms with Crippen molar-refractivity contribution in [3.05, 3.63) is 29.6 Å². The van der Waals surface area contributed by atoms with Gasteiger partial charge in [-0.3, -0.25) is 9.88 Å². The molecule has 1 aromatic rings. The Morgan fingerprint density at radius 1 is 1.56 bits per heavy atom. The van der Waals surface area contributed by atoms with E-state index in [1.165, 1.54) is 13.3 Å². The fraction of sp³-hybridized carbons (Fsp3) is 0.455. The first kappa shape index (κ1) is 12.6. The van der Waals surface area contributed by atoms with Crippen molar-refractivity contribution < 1.29 is 9.53 Å². The van der Waals surface area contributed by atoms with Crippen LogP contribution in [-0.2, 0) is 11.3 Å². The van der Waals surface area contributed by atoms with Gasteiger partial charge in [0.15, 0.2) is 0 Å². The van der Waals surface area contributed by atoms with Crippen molar-refractivity contribution in [2.24, 2.45) is 5.73 Å². The molecule has 0 fully saturated rings. The molecular weight excluding hydrogens is 206 g/mol. The number of likely N-dealkylation sites (N-methyl/N-ethyl adjacent to an activating group) is 1. The number of methoxy groups -OCH3 is 1. The van der Waals surface area contributed by atoms with Crippen molar-refractivity contribution in [3.8, 4) is 0 Å². The van der Waals surface area contributed by atoms with Crippen molar-refractivity contribution in [2.75, 3.05) is 27.2 Å². The number of carbonyl (C=O) groups is 1. The van der Waals surface area contributed by atoms with Crippen LogP contribution in [0.25, 0.3) is 0 Å². The Hall–Kier alpha value is -1.46. The number of carbonyl (C=O) groups excluding carboxylic acids is 1. The number of nitrogens with two attached hydrogens (primary N) is 1. The summed E-state index contributed by atoms with van der Waals surface area (Å²) >= 11 is 0. The van der Waals surface area contributed by atoms with Crippen LogP contribution < -0.4 is 5.73 Å². The average Bonchev–Trinajstić information content (AvgIpc) is 2.29. The molecule has 5 heteroatoms. The van der Waals surface area contributed by atoms with Crippen molar-refractivity contribution >= 4 is 5.97 Å². The predicted molar refractivity (Wildman–Crippen MR) is 61.0 cm³/mol. The lowest BCUT2D eigenvalue weighted by Gasteiger charge is -2.14. The number of hydrogen-bond donors (Lipinski definition) is 1. The number of aromatic nitrogens is 1. The Kier molecular flexibility index (Phi) is 4.88. The zero-order chi connectivity index (χ0) is 12.0. The Morgan fingerprint density at radius 3 is 2.81 bits per heavy atom. The molecule has 2 N–H and O–H groups in total. The molecule has 0 amide bonds. The van der Waals surface area contributed by atoms with Gasteiger partial charge in [0.2, 0.25) is 0 Å². The van der Waals surface area contributed by atoms with Crippen molar-refractivity contribution in [1.29, 1.82) is 0 Å². The molecule has 0 aliphatic carbocycles. The molecule has 0 spiro atoms. The van der Waals surface area contributed by atoms with E-state index in [4.69, 9.17) is 5.73 Å². The summed E-state index contributed by atoms with van der Waals surface area (Å²) in [5.41, 5.74) is 6.81. The van der Waals surface area contributed by atoms with E-state index < -0.39 is 0 Å². The van der Waals surface area contributed by atoms with Crippen LogP contribution >= 0.6 is 0 Å². The van der Waals surface area contributed by atoms with Gasteiger partial charge in [-0.05, 0) is 19.2 Å². The lowest BCUT2D eigenvalue weighted by molar-refractivity contribution is 0.0600. The molecule has 88 valence electrons. The third-order valence-corrected chi connectivity index (χ3v) is 2.19. The predicted octanol–water partition coefficient (Wildman–Crippen LogP) is 0.259. The number of hydrogen-bond acceptors (Lipinski definition) is 5. The van der Waals surface area contributed by atoms with Crippen LogP contribution in [0.3, 0.4) is 0 Å². The van der Waals surface area contributed by atoms with Crippen LogP contribution in [0.4, 0.5) is 0 Å². The zero-order valence-electron chi connectivity index (χ0n) is 9.64. The molecule has 1 heterocycles. The number of pyridine rings is 1. The highest BCUT2D eigenvalue weighted by molar-refractivity contribution is 5.88. The van der Waals surface area contributed by atoms with Crippen molar-refractivity contribution in [2.45, 2.75) is 6.54 Å². The van der Waals surface area contributed by atoms with Crippen LogP contribution in [0.5, 0.6) is 0 Å². The second kappa shape index (κ2) is 6.19. The fourth-order valence-electron chi connectivity index (χ4n) is 1.33. The molecule has 0 saturated carbocycles. The molecule has 0 aliphatic heterocycles. The molecule has 5 nitrogen and oxygen atoms in total. The molecule has 0 saturated heterocycles. The van der Waals surface area contributed by atoms with Gasteiger partial charge in [-0.2, -0.15) is 0 Å². The standard InChI is InChI=1S/C11H17N3O2/c1-14(6-5-12)8-10-4-3-9(7-13-10)11(15)16-2/h3-4,7H,5-6,8,12H2,1-2H3. The Bertz CT molecular complexity index is 338. The van der Waals surface area contributed by atoms with E-state index in [2.05, 4.69) is 14.6 Å². The molecule has 0 atom stereocenters. The van der Waals surface area contributed by atoms with Crippen molar-refractivity contribution in [1.82, 2.24) is 9.88 Å². The number of nitrogens with zero attached hydrogens (tertiary/aromatic N) is 2. The Morgan fingerprint density at radius 2 is 2.31 bits per heavy atom. The highest BCUT2D eigenvalue weighted by atomic mass is 16.5. The minimum Gasteiger partial charge on any atom is -0.465 e. The molecular formula is C11H17N3O2. The van der Waals surface area contributed by atoms with E-state index in [1.54, 1.807) is 6.07 Å². The van der Waals surface area contributed by atoms with Gasteiger partial charge in [-0.1, -0.05) is 0 Å². The Balaban J connectivity index is 2.61. The third-order valence-electron chi connectivity index (χ3n) is 2.19. The molecule has 1 aromatic heterocycles. The number of ether oxygens (including phenoxy) is 1. The monoisotopic (exact) mass is 223 g/mol. The maximum atomic E-state index is 11.2.